The van der Waals surface area contributed by atoms with E-state index in [1.165, 1.54) is 0 Å². The number of anilines is 1. The van der Waals surface area contributed by atoms with Gasteiger partial charge in [-0.15, -0.1) is 0 Å². The van der Waals surface area contributed by atoms with Gasteiger partial charge in [-0.3, -0.25) is 4.79 Å². The zero-order valence-corrected chi connectivity index (χ0v) is 11.6. The van der Waals surface area contributed by atoms with E-state index in [4.69, 9.17) is 5.73 Å². The van der Waals surface area contributed by atoms with Crippen molar-refractivity contribution in [1.29, 1.82) is 0 Å². The summed E-state index contributed by atoms with van der Waals surface area (Å²) in [6, 6.07) is 8.58. The molecule has 2 unspecified atom stereocenters. The zero-order valence-electron chi connectivity index (χ0n) is 11.6. The van der Waals surface area contributed by atoms with E-state index < -0.39 is 0 Å². The van der Waals surface area contributed by atoms with E-state index in [1.807, 2.05) is 38.1 Å². The lowest BCUT2D eigenvalue weighted by Gasteiger charge is -2.14. The van der Waals surface area contributed by atoms with Gasteiger partial charge in [-0.2, -0.15) is 0 Å². The van der Waals surface area contributed by atoms with Crippen molar-refractivity contribution < 1.29 is 4.79 Å². The zero-order chi connectivity index (χ0) is 13.8. The Morgan fingerprint density at radius 1 is 1.26 bits per heavy atom. The van der Waals surface area contributed by atoms with Crippen LogP contribution in [0.25, 0.3) is 0 Å². The molecule has 104 valence electrons. The van der Waals surface area contributed by atoms with Crippen LogP contribution < -0.4 is 16.4 Å². The van der Waals surface area contributed by atoms with Crippen molar-refractivity contribution in [3.05, 3.63) is 29.8 Å². The van der Waals surface area contributed by atoms with Crippen LogP contribution in [0.15, 0.2) is 24.3 Å². The summed E-state index contributed by atoms with van der Waals surface area (Å²) in [5.41, 5.74) is 7.65. The van der Waals surface area contributed by atoms with Crippen LogP contribution in [0.1, 0.15) is 43.5 Å². The van der Waals surface area contributed by atoms with Crippen LogP contribution in [0.4, 0.5) is 5.69 Å². The fraction of sp³-hybridized carbons (Fsp3) is 0.533. The molecule has 0 heterocycles. The second-order valence-corrected chi connectivity index (χ2v) is 5.62. The van der Waals surface area contributed by atoms with E-state index in [0.29, 0.717) is 17.6 Å². The summed E-state index contributed by atoms with van der Waals surface area (Å²) >= 11 is 0. The Morgan fingerprint density at radius 2 is 1.95 bits per heavy atom. The third-order valence-electron chi connectivity index (χ3n) is 3.41. The average molecular weight is 261 g/mol. The molecular weight excluding hydrogens is 238 g/mol. The molecule has 0 aromatic heterocycles. The van der Waals surface area contributed by atoms with E-state index in [0.717, 1.165) is 24.9 Å². The minimum absolute atomic E-state index is 0.0237. The molecule has 0 radical (unpaired) electrons. The summed E-state index contributed by atoms with van der Waals surface area (Å²) in [4.78, 5) is 11.8. The molecule has 4 nitrogen and oxygen atoms in total. The second-order valence-electron chi connectivity index (χ2n) is 5.62. The van der Waals surface area contributed by atoms with Crippen LogP contribution in [0.5, 0.6) is 0 Å². The molecule has 1 aliphatic rings. The maximum Gasteiger partial charge on any atom is 0.251 e. The molecule has 1 fully saturated rings. The topological polar surface area (TPSA) is 67.2 Å². The molecule has 1 amide bonds. The van der Waals surface area contributed by atoms with Crippen molar-refractivity contribution >= 4 is 11.6 Å². The number of amides is 1. The predicted molar refractivity (Wildman–Crippen MR) is 78.3 cm³/mol. The fourth-order valence-corrected chi connectivity index (χ4v) is 2.45. The molecule has 1 aromatic rings. The van der Waals surface area contributed by atoms with Crippen molar-refractivity contribution in [3.8, 4) is 0 Å². The third-order valence-corrected chi connectivity index (χ3v) is 3.41. The van der Waals surface area contributed by atoms with Gasteiger partial charge in [-0.1, -0.05) is 0 Å². The lowest BCUT2D eigenvalue weighted by molar-refractivity contribution is 0.0943. The molecule has 4 heteroatoms. The van der Waals surface area contributed by atoms with E-state index in [1.54, 1.807) is 0 Å². The summed E-state index contributed by atoms with van der Waals surface area (Å²) in [7, 11) is 0. The fourth-order valence-electron chi connectivity index (χ4n) is 2.45. The Morgan fingerprint density at radius 3 is 2.47 bits per heavy atom. The molecule has 2 atom stereocenters. The highest BCUT2D eigenvalue weighted by Crippen LogP contribution is 2.21. The van der Waals surface area contributed by atoms with Crippen LogP contribution in [-0.4, -0.2) is 24.0 Å². The highest BCUT2D eigenvalue weighted by Gasteiger charge is 2.21. The summed E-state index contributed by atoms with van der Waals surface area (Å²) in [6.07, 6.45) is 3.24. The smallest absolute Gasteiger partial charge is 0.251 e. The third kappa shape index (κ3) is 3.96. The summed E-state index contributed by atoms with van der Waals surface area (Å²) in [6.45, 7) is 3.91. The van der Waals surface area contributed by atoms with Gasteiger partial charge in [0.15, 0.2) is 0 Å². The van der Waals surface area contributed by atoms with Gasteiger partial charge < -0.3 is 16.4 Å². The normalized spacial score (nSPS) is 22.5. The van der Waals surface area contributed by atoms with Crippen LogP contribution >= 0.6 is 0 Å². The lowest BCUT2D eigenvalue weighted by atomic mass is 10.1. The Labute approximate surface area is 114 Å². The van der Waals surface area contributed by atoms with Gasteiger partial charge in [-0.25, -0.2) is 0 Å². The number of carbonyl (C=O) groups is 1. The van der Waals surface area contributed by atoms with Gasteiger partial charge in [-0.05, 0) is 57.4 Å². The van der Waals surface area contributed by atoms with Gasteiger partial charge in [0.2, 0.25) is 0 Å². The van der Waals surface area contributed by atoms with Crippen LogP contribution in [0.3, 0.4) is 0 Å². The highest BCUT2D eigenvalue weighted by molar-refractivity contribution is 5.94. The maximum absolute atomic E-state index is 11.8. The van der Waals surface area contributed by atoms with E-state index in [-0.39, 0.29) is 11.9 Å². The Hall–Kier alpha value is -1.55. The molecule has 0 bridgehead atoms. The van der Waals surface area contributed by atoms with Crippen molar-refractivity contribution in [1.82, 2.24) is 5.32 Å². The molecule has 1 saturated carbocycles. The SMILES string of the molecule is CC(C)NC(=O)c1ccc(NC2CCC(N)C2)cc1. The largest absolute Gasteiger partial charge is 0.382 e. The molecule has 19 heavy (non-hydrogen) atoms. The van der Waals surface area contributed by atoms with Gasteiger partial charge in [0.25, 0.3) is 5.91 Å². The molecule has 0 saturated heterocycles. The monoisotopic (exact) mass is 261 g/mol. The van der Waals surface area contributed by atoms with Crippen LogP contribution in [0.2, 0.25) is 0 Å². The standard InChI is InChI=1S/C15H23N3O/c1-10(2)17-15(19)11-3-6-13(7-4-11)18-14-8-5-12(16)9-14/h3-4,6-7,10,12,14,18H,5,8-9,16H2,1-2H3,(H,17,19). The average Bonchev–Trinajstić information content (AvgIpc) is 2.75. The minimum Gasteiger partial charge on any atom is -0.382 e. The van der Waals surface area contributed by atoms with E-state index >= 15 is 0 Å². The predicted octanol–water partition coefficient (Wildman–Crippen LogP) is 2.12. The molecular formula is C15H23N3O. The summed E-state index contributed by atoms with van der Waals surface area (Å²) in [5.74, 6) is -0.0237. The first kappa shape index (κ1) is 13.9. The molecule has 0 spiro atoms. The first-order chi connectivity index (χ1) is 9.04. The number of carbonyl (C=O) groups excluding carboxylic acids is 1. The van der Waals surface area contributed by atoms with Gasteiger partial charge >= 0.3 is 0 Å². The first-order valence-corrected chi connectivity index (χ1v) is 6.97. The number of benzene rings is 1. The number of nitrogens with one attached hydrogen (secondary N) is 2. The van der Waals surface area contributed by atoms with Gasteiger partial charge in [0, 0.05) is 29.4 Å². The Kier molecular flexibility index (Phi) is 4.43. The van der Waals surface area contributed by atoms with E-state index in [2.05, 4.69) is 10.6 Å². The lowest BCUT2D eigenvalue weighted by Crippen LogP contribution is -2.30. The maximum atomic E-state index is 11.8. The molecule has 1 aliphatic carbocycles. The Balaban J connectivity index is 1.93. The van der Waals surface area contributed by atoms with Crippen molar-refractivity contribution in [3.63, 3.8) is 0 Å². The van der Waals surface area contributed by atoms with Crippen molar-refractivity contribution in [2.45, 2.75) is 51.2 Å². The number of rotatable bonds is 4. The van der Waals surface area contributed by atoms with Crippen molar-refractivity contribution in [2.24, 2.45) is 5.73 Å². The van der Waals surface area contributed by atoms with Crippen LogP contribution in [-0.2, 0) is 0 Å². The highest BCUT2D eigenvalue weighted by atomic mass is 16.1. The van der Waals surface area contributed by atoms with Crippen LogP contribution in [0, 0.1) is 0 Å². The summed E-state index contributed by atoms with van der Waals surface area (Å²) < 4.78 is 0. The molecule has 1 aromatic carbocycles. The summed E-state index contributed by atoms with van der Waals surface area (Å²) in [5, 5.41) is 6.35. The quantitative estimate of drug-likeness (QED) is 0.777. The number of hydrogen-bond donors (Lipinski definition) is 3. The van der Waals surface area contributed by atoms with Crippen molar-refractivity contribution in [2.75, 3.05) is 5.32 Å². The van der Waals surface area contributed by atoms with Gasteiger partial charge in [0.1, 0.15) is 0 Å². The number of hydrogen-bond acceptors (Lipinski definition) is 3. The second kappa shape index (κ2) is 6.06. The van der Waals surface area contributed by atoms with Gasteiger partial charge in [0.05, 0.1) is 0 Å². The molecule has 4 N–H and O–H groups in total. The first-order valence-electron chi connectivity index (χ1n) is 6.97. The Bertz CT molecular complexity index is 428. The molecule has 2 rings (SSSR count). The minimum atomic E-state index is -0.0237. The van der Waals surface area contributed by atoms with E-state index in [9.17, 15) is 4.79 Å². The molecule has 0 aliphatic heterocycles. The number of nitrogens with two attached hydrogens (primary N) is 1.